The van der Waals surface area contributed by atoms with Crippen LogP contribution in [0.2, 0.25) is 0 Å². The topological polar surface area (TPSA) is 18.5 Å². The molecule has 5 aromatic carbocycles. The number of ether oxygens (including phenoxy) is 2. The number of hydrogen-bond donors (Lipinski definition) is 0. The van der Waals surface area contributed by atoms with E-state index < -0.39 is 0 Å². The van der Waals surface area contributed by atoms with Crippen LogP contribution < -0.4 is 9.47 Å². The molecule has 0 bridgehead atoms. The van der Waals surface area contributed by atoms with Crippen molar-refractivity contribution in [1.82, 2.24) is 0 Å². The van der Waals surface area contributed by atoms with E-state index in [2.05, 4.69) is 200 Å². The number of rotatable bonds is 10. The highest BCUT2D eigenvalue weighted by molar-refractivity contribution is 9.12. The van der Waals surface area contributed by atoms with Gasteiger partial charge in [-0.15, -0.1) is 0 Å². The molecule has 0 fully saturated rings. The molecule has 0 amide bonds. The maximum Gasteiger partial charge on any atom is 0.147 e. The Hall–Kier alpha value is 0.0600. The van der Waals surface area contributed by atoms with E-state index in [1.165, 1.54) is 32.7 Å². The van der Waals surface area contributed by atoms with Crippen molar-refractivity contribution in [2.75, 3.05) is 23.9 Å². The van der Waals surface area contributed by atoms with Crippen molar-refractivity contribution in [3.05, 3.63) is 90.7 Å². The third kappa shape index (κ3) is 7.21. The Balaban J connectivity index is 1.70. The van der Waals surface area contributed by atoms with E-state index in [0.717, 1.165) is 51.2 Å². The average molecular weight is 1080 g/mol. The van der Waals surface area contributed by atoms with Gasteiger partial charge in [-0.05, 0) is 132 Å². The molecule has 2 atom stereocenters. The predicted molar refractivity (Wildman–Crippen MR) is 207 cm³/mol. The highest BCUT2D eigenvalue weighted by atomic mass is 79.9. The van der Waals surface area contributed by atoms with Crippen molar-refractivity contribution in [3.63, 3.8) is 0 Å². The molecular formula is C32H22Br8O2. The molecular weight excluding hydrogens is 1060 g/mol. The fourth-order valence-corrected chi connectivity index (χ4v) is 8.34. The quantitative estimate of drug-likeness (QED) is 0.102. The van der Waals surface area contributed by atoms with Crippen LogP contribution in [0.15, 0.2) is 90.7 Å². The van der Waals surface area contributed by atoms with E-state index in [-0.39, 0.29) is 9.65 Å². The molecule has 42 heavy (non-hydrogen) atoms. The molecule has 0 N–H and O–H groups in total. The molecule has 0 aliphatic rings. The third-order valence-electron chi connectivity index (χ3n) is 6.66. The van der Waals surface area contributed by atoms with E-state index in [1.807, 2.05) is 0 Å². The molecule has 5 rings (SSSR count). The monoisotopic (exact) mass is 1070 g/mol. The highest BCUT2D eigenvalue weighted by Gasteiger charge is 2.21. The van der Waals surface area contributed by atoms with E-state index >= 15 is 0 Å². The second-order valence-electron chi connectivity index (χ2n) is 9.50. The molecule has 5 aromatic rings. The zero-order chi connectivity index (χ0) is 30.0. The Morgan fingerprint density at radius 2 is 0.786 bits per heavy atom. The van der Waals surface area contributed by atoms with Crippen LogP contribution in [0.5, 0.6) is 11.5 Å². The number of alkyl halides is 4. The van der Waals surface area contributed by atoms with Crippen molar-refractivity contribution < 1.29 is 9.47 Å². The first-order chi connectivity index (χ1) is 20.2. The van der Waals surface area contributed by atoms with E-state index in [1.54, 1.807) is 0 Å². The maximum absolute atomic E-state index is 6.14. The van der Waals surface area contributed by atoms with Crippen LogP contribution in [0.3, 0.4) is 0 Å². The van der Waals surface area contributed by atoms with Crippen LogP contribution in [0, 0.1) is 0 Å². The summed E-state index contributed by atoms with van der Waals surface area (Å²) in [5.41, 5.74) is 4.54. The predicted octanol–water partition coefficient (Wildman–Crippen LogP) is 13.5. The number of hydrogen-bond acceptors (Lipinski definition) is 2. The molecule has 0 heterocycles. The molecule has 10 heteroatoms. The number of halogens is 8. The van der Waals surface area contributed by atoms with E-state index in [9.17, 15) is 0 Å². The molecule has 2 nitrogen and oxygen atoms in total. The van der Waals surface area contributed by atoms with Gasteiger partial charge in [0.05, 0.1) is 27.5 Å². The van der Waals surface area contributed by atoms with E-state index in [0.29, 0.717) is 13.2 Å². The van der Waals surface area contributed by atoms with Gasteiger partial charge in [0.25, 0.3) is 0 Å². The van der Waals surface area contributed by atoms with Crippen molar-refractivity contribution in [2.24, 2.45) is 0 Å². The smallest absolute Gasteiger partial charge is 0.147 e. The summed E-state index contributed by atoms with van der Waals surface area (Å²) in [6.45, 7) is 1.09. The summed E-state index contributed by atoms with van der Waals surface area (Å²) in [5.74, 6) is 1.57. The number of fused-ring (bicyclic) bond motifs is 2. The van der Waals surface area contributed by atoms with Gasteiger partial charge in [0.1, 0.15) is 24.7 Å². The zero-order valence-corrected chi connectivity index (χ0v) is 34.4. The molecule has 0 aliphatic carbocycles. The van der Waals surface area contributed by atoms with Crippen LogP contribution >= 0.6 is 127 Å². The summed E-state index contributed by atoms with van der Waals surface area (Å²) in [4.78, 5) is 0.431. The minimum Gasteiger partial charge on any atom is -0.490 e. The standard InChI is InChI=1S/C32H22Br8O2/c33-13-19(35)15-41-31-25(37)9-17(10-26(31)38)29-21-5-1-2-6-22(21)30(24-8-4-3-7-23(24)29)18-11-27(39)32(28(40)12-18)42-16-20(36)14-34/h1-12,19-20H,13-16H2. The van der Waals surface area contributed by atoms with Gasteiger partial charge >= 0.3 is 0 Å². The Morgan fingerprint density at radius 3 is 1.05 bits per heavy atom. The Kier molecular flexibility index (Phi) is 12.0. The van der Waals surface area contributed by atoms with Gasteiger partial charge < -0.3 is 9.47 Å². The zero-order valence-electron chi connectivity index (χ0n) is 21.8. The first-order valence-corrected chi connectivity index (χ1v) is 20.1. The van der Waals surface area contributed by atoms with Crippen molar-refractivity contribution >= 4 is 149 Å². The summed E-state index contributed by atoms with van der Waals surface area (Å²) < 4.78 is 15.9. The molecule has 0 spiro atoms. The van der Waals surface area contributed by atoms with Crippen LogP contribution in [0.25, 0.3) is 43.8 Å². The Morgan fingerprint density at radius 1 is 0.500 bits per heavy atom. The lowest BCUT2D eigenvalue weighted by Gasteiger charge is -2.20. The fourth-order valence-electron chi connectivity index (χ4n) is 4.87. The molecule has 0 radical (unpaired) electrons. The molecule has 218 valence electrons. The second kappa shape index (κ2) is 15.1. The summed E-state index contributed by atoms with van der Waals surface area (Å²) >= 11 is 29.4. The minimum atomic E-state index is 0.216. The highest BCUT2D eigenvalue weighted by Crippen LogP contribution is 2.48. The largest absolute Gasteiger partial charge is 0.490 e. The molecule has 0 saturated carbocycles. The van der Waals surface area contributed by atoms with Crippen molar-refractivity contribution in [2.45, 2.75) is 9.65 Å². The lowest BCUT2D eigenvalue weighted by molar-refractivity contribution is 0.321. The Bertz CT molecular complexity index is 1530. The lowest BCUT2D eigenvalue weighted by atomic mass is 9.86. The summed E-state index contributed by atoms with van der Waals surface area (Å²) in [6.07, 6.45) is 0. The van der Waals surface area contributed by atoms with Gasteiger partial charge in [0.2, 0.25) is 0 Å². The maximum atomic E-state index is 6.14. The van der Waals surface area contributed by atoms with Gasteiger partial charge in [-0.3, -0.25) is 0 Å². The van der Waals surface area contributed by atoms with Crippen molar-refractivity contribution in [3.8, 4) is 33.8 Å². The first kappa shape index (κ1) is 33.4. The second-order valence-corrected chi connectivity index (χ2v) is 16.8. The van der Waals surface area contributed by atoms with Gasteiger partial charge in [0, 0.05) is 10.7 Å². The van der Waals surface area contributed by atoms with Crippen LogP contribution in [0.4, 0.5) is 0 Å². The Labute approximate surface area is 312 Å². The molecule has 0 saturated heterocycles. The SMILES string of the molecule is BrCC(Br)COc1c(Br)cc(-c2c3ccccc3c(-c3cc(Br)c(OCC(Br)CBr)c(Br)c3)c3ccccc23)cc1Br. The lowest BCUT2D eigenvalue weighted by Crippen LogP contribution is -2.12. The van der Waals surface area contributed by atoms with Crippen molar-refractivity contribution in [1.29, 1.82) is 0 Å². The van der Waals surface area contributed by atoms with Crippen LogP contribution in [-0.4, -0.2) is 33.5 Å². The van der Waals surface area contributed by atoms with E-state index in [4.69, 9.17) is 9.47 Å². The van der Waals surface area contributed by atoms with Gasteiger partial charge in [-0.25, -0.2) is 0 Å². The van der Waals surface area contributed by atoms with Crippen LogP contribution in [0.1, 0.15) is 0 Å². The third-order valence-corrected chi connectivity index (χ3v) is 13.5. The molecule has 0 aromatic heterocycles. The summed E-state index contributed by atoms with van der Waals surface area (Å²) in [6, 6.07) is 25.8. The van der Waals surface area contributed by atoms with Gasteiger partial charge in [-0.2, -0.15) is 0 Å². The normalized spacial score (nSPS) is 13.0. The summed E-state index contributed by atoms with van der Waals surface area (Å²) in [5, 5.41) is 6.30. The van der Waals surface area contributed by atoms with Crippen LogP contribution in [-0.2, 0) is 0 Å². The number of benzene rings is 5. The molecule has 2 unspecified atom stereocenters. The summed E-state index contributed by atoms with van der Waals surface area (Å²) in [7, 11) is 0. The first-order valence-electron chi connectivity index (χ1n) is 12.8. The molecule has 0 aliphatic heterocycles. The average Bonchev–Trinajstić information content (AvgIpc) is 2.98. The van der Waals surface area contributed by atoms with Gasteiger partial charge in [-0.1, -0.05) is 112 Å². The van der Waals surface area contributed by atoms with Gasteiger partial charge in [0.15, 0.2) is 0 Å². The fraction of sp³-hybridized carbons (Fsp3) is 0.188. The minimum absolute atomic E-state index is 0.216.